The molecule has 1 aromatic rings. The molecule has 1 aliphatic rings. The van der Waals surface area contributed by atoms with Crippen molar-refractivity contribution in [1.82, 2.24) is 4.90 Å². The van der Waals surface area contributed by atoms with Gasteiger partial charge in [0.25, 0.3) is 0 Å². The summed E-state index contributed by atoms with van der Waals surface area (Å²) in [6.45, 7) is 1.29. The van der Waals surface area contributed by atoms with Gasteiger partial charge in [-0.2, -0.15) is 11.8 Å². The second-order valence-corrected chi connectivity index (χ2v) is 6.88. The van der Waals surface area contributed by atoms with Gasteiger partial charge in [0.05, 0.1) is 16.2 Å². The molecule has 2 rings (SSSR count). The van der Waals surface area contributed by atoms with E-state index in [1.54, 1.807) is 23.9 Å². The number of halogens is 1. The summed E-state index contributed by atoms with van der Waals surface area (Å²) in [5.41, 5.74) is 6.54. The molecule has 6 heteroatoms. The van der Waals surface area contributed by atoms with Crippen LogP contribution in [0.4, 0.5) is 4.39 Å². The highest BCUT2D eigenvalue weighted by Crippen LogP contribution is 2.35. The zero-order valence-electron chi connectivity index (χ0n) is 12.0. The molecule has 0 aromatic heterocycles. The number of rotatable bonds is 4. The zero-order chi connectivity index (χ0) is 15.5. The van der Waals surface area contributed by atoms with Crippen LogP contribution in [0.2, 0.25) is 0 Å². The van der Waals surface area contributed by atoms with E-state index in [2.05, 4.69) is 0 Å². The topological polar surface area (TPSA) is 46.3 Å². The molecule has 1 aliphatic heterocycles. The van der Waals surface area contributed by atoms with Gasteiger partial charge >= 0.3 is 0 Å². The van der Waals surface area contributed by atoms with Crippen LogP contribution in [0.1, 0.15) is 18.4 Å². The average molecular weight is 326 g/mol. The lowest BCUT2D eigenvalue weighted by Crippen LogP contribution is -2.51. The fourth-order valence-corrected chi connectivity index (χ4v) is 3.85. The van der Waals surface area contributed by atoms with E-state index in [1.807, 2.05) is 11.2 Å². The van der Waals surface area contributed by atoms with Gasteiger partial charge in [-0.3, -0.25) is 4.79 Å². The normalized spacial score (nSPS) is 17.5. The summed E-state index contributed by atoms with van der Waals surface area (Å²) in [5, 5.41) is 0. The van der Waals surface area contributed by atoms with Crippen molar-refractivity contribution in [2.75, 3.05) is 19.3 Å². The molecule has 21 heavy (non-hydrogen) atoms. The average Bonchev–Trinajstić information content (AvgIpc) is 2.47. The number of likely N-dealkylation sites (tertiary alicyclic amines) is 1. The van der Waals surface area contributed by atoms with Crippen LogP contribution in [0.25, 0.3) is 0 Å². The maximum atomic E-state index is 13.1. The van der Waals surface area contributed by atoms with Crippen LogP contribution in [0, 0.1) is 5.82 Å². The lowest BCUT2D eigenvalue weighted by Gasteiger charge is -2.40. The Labute approximate surface area is 134 Å². The van der Waals surface area contributed by atoms with Crippen molar-refractivity contribution in [3.05, 3.63) is 35.6 Å². The third-order valence-electron chi connectivity index (χ3n) is 4.01. The molecule has 3 nitrogen and oxygen atoms in total. The summed E-state index contributed by atoms with van der Waals surface area (Å²) >= 11 is 6.83. The molecular weight excluding hydrogens is 307 g/mol. The van der Waals surface area contributed by atoms with Gasteiger partial charge < -0.3 is 10.6 Å². The Morgan fingerprint density at radius 2 is 2.14 bits per heavy atom. The summed E-state index contributed by atoms with van der Waals surface area (Å²) in [4.78, 5) is 14.6. The Balaban J connectivity index is 1.96. The minimum Gasteiger partial charge on any atom is -0.392 e. The first-order valence-electron chi connectivity index (χ1n) is 6.84. The summed E-state index contributed by atoms with van der Waals surface area (Å²) in [6.07, 6.45) is 3.79. The summed E-state index contributed by atoms with van der Waals surface area (Å²) < 4.78 is 13.0. The van der Waals surface area contributed by atoms with E-state index in [0.29, 0.717) is 23.6 Å². The zero-order valence-corrected chi connectivity index (χ0v) is 13.6. The Morgan fingerprint density at radius 3 is 2.67 bits per heavy atom. The number of carbonyl (C=O) groups is 1. The molecule has 0 saturated carbocycles. The summed E-state index contributed by atoms with van der Waals surface area (Å²) in [7, 11) is 0. The van der Waals surface area contributed by atoms with Crippen LogP contribution in [-0.2, 0) is 11.2 Å². The maximum absolute atomic E-state index is 13.1. The first-order chi connectivity index (χ1) is 9.97. The summed E-state index contributed by atoms with van der Waals surface area (Å²) in [6, 6.07) is 6.18. The highest BCUT2D eigenvalue weighted by Gasteiger charge is 2.37. The lowest BCUT2D eigenvalue weighted by atomic mass is 9.95. The van der Waals surface area contributed by atoms with Crippen molar-refractivity contribution in [2.24, 2.45) is 5.73 Å². The quantitative estimate of drug-likeness (QED) is 0.863. The van der Waals surface area contributed by atoms with Gasteiger partial charge in [-0.05, 0) is 36.8 Å². The number of benzene rings is 1. The molecule has 114 valence electrons. The molecule has 1 fully saturated rings. The highest BCUT2D eigenvalue weighted by atomic mass is 32.2. The summed E-state index contributed by atoms with van der Waals surface area (Å²) in [5.74, 6) is -0.285. The van der Waals surface area contributed by atoms with Crippen LogP contribution in [0.5, 0.6) is 0 Å². The second-order valence-electron chi connectivity index (χ2n) is 5.25. The molecule has 0 bridgehead atoms. The van der Waals surface area contributed by atoms with Crippen LogP contribution in [0.15, 0.2) is 24.3 Å². The van der Waals surface area contributed by atoms with E-state index in [9.17, 15) is 9.18 Å². The minimum absolute atomic E-state index is 0.0262. The van der Waals surface area contributed by atoms with Crippen molar-refractivity contribution in [3.63, 3.8) is 0 Å². The SMILES string of the molecule is CSC1(C(N)=S)CCN(C(=O)Cc2cccc(F)c2)CC1. The van der Waals surface area contributed by atoms with Gasteiger partial charge in [0.15, 0.2) is 0 Å². The number of amides is 1. The van der Waals surface area contributed by atoms with Gasteiger partial charge in [-0.1, -0.05) is 24.4 Å². The van der Waals surface area contributed by atoms with Gasteiger partial charge in [0, 0.05) is 13.1 Å². The second kappa shape index (κ2) is 6.75. The third-order valence-corrected chi connectivity index (χ3v) is 5.94. The van der Waals surface area contributed by atoms with Crippen LogP contribution in [-0.4, -0.2) is 39.9 Å². The maximum Gasteiger partial charge on any atom is 0.226 e. The number of hydrogen-bond donors (Lipinski definition) is 1. The van der Waals surface area contributed by atoms with Crippen LogP contribution in [0.3, 0.4) is 0 Å². The number of thiocarbonyl (C=S) groups is 1. The van der Waals surface area contributed by atoms with E-state index in [-0.39, 0.29) is 22.9 Å². The fraction of sp³-hybridized carbons (Fsp3) is 0.467. The molecule has 2 N–H and O–H groups in total. The van der Waals surface area contributed by atoms with Gasteiger partial charge in [-0.15, -0.1) is 0 Å². The van der Waals surface area contributed by atoms with E-state index in [0.717, 1.165) is 12.8 Å². The Kier molecular flexibility index (Phi) is 5.22. The molecule has 0 radical (unpaired) electrons. The van der Waals surface area contributed by atoms with Crippen molar-refractivity contribution in [3.8, 4) is 0 Å². The Hall–Kier alpha value is -1.14. The van der Waals surface area contributed by atoms with E-state index in [1.165, 1.54) is 12.1 Å². The van der Waals surface area contributed by atoms with Crippen molar-refractivity contribution >= 4 is 34.9 Å². The largest absolute Gasteiger partial charge is 0.392 e. The fourth-order valence-electron chi connectivity index (χ4n) is 2.60. The highest BCUT2D eigenvalue weighted by molar-refractivity contribution is 8.02. The van der Waals surface area contributed by atoms with Crippen molar-refractivity contribution < 1.29 is 9.18 Å². The van der Waals surface area contributed by atoms with Crippen LogP contribution >= 0.6 is 24.0 Å². The number of nitrogens with two attached hydrogens (primary N) is 1. The lowest BCUT2D eigenvalue weighted by molar-refractivity contribution is -0.131. The van der Waals surface area contributed by atoms with Crippen molar-refractivity contribution in [2.45, 2.75) is 24.0 Å². The van der Waals surface area contributed by atoms with Gasteiger partial charge in [0.1, 0.15) is 5.82 Å². The monoisotopic (exact) mass is 326 g/mol. The molecule has 0 unspecified atom stereocenters. The van der Waals surface area contributed by atoms with Crippen molar-refractivity contribution in [1.29, 1.82) is 0 Å². The molecule has 1 heterocycles. The Bertz CT molecular complexity index is 542. The molecule has 1 amide bonds. The predicted octanol–water partition coefficient (Wildman–Crippen LogP) is 2.38. The van der Waals surface area contributed by atoms with Gasteiger partial charge in [-0.25, -0.2) is 4.39 Å². The molecule has 1 saturated heterocycles. The smallest absolute Gasteiger partial charge is 0.226 e. The number of thioether (sulfide) groups is 1. The molecule has 0 aliphatic carbocycles. The number of hydrogen-bond acceptors (Lipinski definition) is 3. The molecule has 1 aromatic carbocycles. The first kappa shape index (κ1) is 16.2. The third kappa shape index (κ3) is 3.74. The van der Waals surface area contributed by atoms with E-state index >= 15 is 0 Å². The van der Waals surface area contributed by atoms with E-state index < -0.39 is 0 Å². The van der Waals surface area contributed by atoms with E-state index in [4.69, 9.17) is 18.0 Å². The van der Waals surface area contributed by atoms with Gasteiger partial charge in [0.2, 0.25) is 5.91 Å². The molecule has 0 atom stereocenters. The molecular formula is C15H19FN2OS2. The Morgan fingerprint density at radius 1 is 1.48 bits per heavy atom. The predicted molar refractivity (Wildman–Crippen MR) is 88.9 cm³/mol. The standard InChI is InChI=1S/C15H19FN2OS2/c1-21-15(14(17)20)5-7-18(8-6-15)13(19)10-11-3-2-4-12(16)9-11/h2-4,9H,5-8,10H2,1H3,(H2,17,20). The number of carbonyl (C=O) groups excluding carboxylic acids is 1. The molecule has 0 spiro atoms. The first-order valence-corrected chi connectivity index (χ1v) is 8.47. The number of piperidine rings is 1. The number of nitrogens with zero attached hydrogens (tertiary/aromatic N) is 1. The minimum atomic E-state index is -0.311. The van der Waals surface area contributed by atoms with Crippen LogP contribution < -0.4 is 5.73 Å².